The predicted octanol–water partition coefficient (Wildman–Crippen LogP) is 0.361. The fraction of sp³-hybridized carbons (Fsp3) is 0.250. The van der Waals surface area contributed by atoms with E-state index < -0.39 is 0 Å². The first-order valence-electron chi connectivity index (χ1n) is 5.39. The summed E-state index contributed by atoms with van der Waals surface area (Å²) in [6, 6.07) is 9.43. The van der Waals surface area contributed by atoms with Crippen molar-refractivity contribution in [3.63, 3.8) is 0 Å². The molecule has 0 spiro atoms. The summed E-state index contributed by atoms with van der Waals surface area (Å²) in [4.78, 5) is 15.0. The second-order valence-corrected chi connectivity index (χ2v) is 3.63. The average molecular weight is 245 g/mol. The number of nitrogens with zero attached hydrogens (tertiary/aromatic N) is 2. The van der Waals surface area contributed by atoms with E-state index in [0.717, 1.165) is 11.3 Å². The summed E-state index contributed by atoms with van der Waals surface area (Å²) in [6.07, 6.45) is 0. The van der Waals surface area contributed by atoms with Crippen molar-refractivity contribution in [3.05, 3.63) is 29.8 Å². The first kappa shape index (κ1) is 13.5. The smallest absolute Gasteiger partial charge is 0.242 e. The summed E-state index contributed by atoms with van der Waals surface area (Å²) in [7, 11) is 0. The minimum atomic E-state index is -0.342. The van der Waals surface area contributed by atoms with Crippen LogP contribution in [0.3, 0.4) is 0 Å². The molecule has 0 bridgehead atoms. The van der Waals surface area contributed by atoms with Crippen molar-refractivity contribution in [2.24, 2.45) is 10.7 Å². The van der Waals surface area contributed by atoms with Crippen LogP contribution in [0.15, 0.2) is 29.3 Å². The molecule has 0 saturated carbocycles. The van der Waals surface area contributed by atoms with Crippen molar-refractivity contribution < 1.29 is 4.79 Å². The first-order valence-corrected chi connectivity index (χ1v) is 5.39. The molecule has 0 saturated heterocycles. The molecule has 94 valence electrons. The average Bonchev–Trinajstić information content (AvgIpc) is 2.34. The number of aliphatic imine (C=N–C) groups is 1. The zero-order chi connectivity index (χ0) is 13.4. The van der Waals surface area contributed by atoms with Crippen LogP contribution >= 0.6 is 0 Å². The molecule has 0 aliphatic rings. The minimum absolute atomic E-state index is 0.0282. The Balaban J connectivity index is 2.47. The van der Waals surface area contributed by atoms with Crippen LogP contribution in [-0.4, -0.2) is 25.0 Å². The number of guanidine groups is 1. The van der Waals surface area contributed by atoms with Crippen LogP contribution in [0, 0.1) is 18.3 Å². The Kier molecular flexibility index (Phi) is 5.19. The van der Waals surface area contributed by atoms with E-state index in [1.165, 1.54) is 0 Å². The van der Waals surface area contributed by atoms with Gasteiger partial charge in [0.1, 0.15) is 13.1 Å². The number of nitrogens with one attached hydrogen (secondary N) is 2. The molecule has 0 radical (unpaired) electrons. The van der Waals surface area contributed by atoms with Crippen LogP contribution in [-0.2, 0) is 4.79 Å². The number of nitrogens with two attached hydrogens (primary N) is 1. The molecule has 0 atom stereocenters. The Hall–Kier alpha value is -2.55. The van der Waals surface area contributed by atoms with Gasteiger partial charge in [-0.05, 0) is 24.6 Å². The zero-order valence-electron chi connectivity index (χ0n) is 10.1. The number of hydrogen-bond acceptors (Lipinski definition) is 3. The molecule has 1 rings (SSSR count). The van der Waals surface area contributed by atoms with Gasteiger partial charge in [-0.1, -0.05) is 12.1 Å². The highest BCUT2D eigenvalue weighted by Crippen LogP contribution is 2.08. The van der Waals surface area contributed by atoms with Gasteiger partial charge in [0, 0.05) is 5.69 Å². The molecule has 0 unspecified atom stereocenters. The van der Waals surface area contributed by atoms with E-state index in [-0.39, 0.29) is 25.0 Å². The number of aryl methyl sites for hydroxylation is 1. The monoisotopic (exact) mass is 245 g/mol. The van der Waals surface area contributed by atoms with Crippen LogP contribution in [0.2, 0.25) is 0 Å². The van der Waals surface area contributed by atoms with Crippen LogP contribution in [0.1, 0.15) is 5.56 Å². The maximum absolute atomic E-state index is 11.2. The Labute approximate surface area is 106 Å². The predicted molar refractivity (Wildman–Crippen MR) is 69.9 cm³/mol. The Morgan fingerprint density at radius 1 is 1.56 bits per heavy atom. The third-order valence-electron chi connectivity index (χ3n) is 2.05. The maximum atomic E-state index is 11.2. The molecular formula is C12H15N5O. The number of carbonyl (C=O) groups is 1. The zero-order valence-corrected chi connectivity index (χ0v) is 10.1. The number of hydrogen-bond donors (Lipinski definition) is 3. The second kappa shape index (κ2) is 6.91. The topological polar surface area (TPSA) is 103 Å². The first-order chi connectivity index (χ1) is 8.61. The van der Waals surface area contributed by atoms with Crippen LogP contribution in [0.25, 0.3) is 0 Å². The van der Waals surface area contributed by atoms with E-state index in [0.29, 0.717) is 0 Å². The van der Waals surface area contributed by atoms with Crippen LogP contribution < -0.4 is 16.4 Å². The quantitative estimate of drug-likeness (QED) is 0.405. The lowest BCUT2D eigenvalue weighted by atomic mass is 10.2. The van der Waals surface area contributed by atoms with E-state index in [1.54, 1.807) is 6.07 Å². The van der Waals surface area contributed by atoms with E-state index in [9.17, 15) is 4.79 Å². The van der Waals surface area contributed by atoms with Gasteiger partial charge in [0.15, 0.2) is 5.96 Å². The summed E-state index contributed by atoms with van der Waals surface area (Å²) in [5.41, 5.74) is 7.54. The van der Waals surface area contributed by atoms with Gasteiger partial charge in [-0.15, -0.1) is 0 Å². The third-order valence-corrected chi connectivity index (χ3v) is 2.05. The largest absolute Gasteiger partial charge is 0.370 e. The summed E-state index contributed by atoms with van der Waals surface area (Å²) in [6.45, 7) is 1.83. The van der Waals surface area contributed by atoms with Gasteiger partial charge >= 0.3 is 0 Å². The number of amides is 1. The molecule has 18 heavy (non-hydrogen) atoms. The Bertz CT molecular complexity index is 489. The molecule has 0 fully saturated rings. The Morgan fingerprint density at radius 3 is 3.00 bits per heavy atom. The molecule has 6 nitrogen and oxygen atoms in total. The highest BCUT2D eigenvalue weighted by atomic mass is 16.1. The molecule has 1 amide bonds. The molecule has 6 heteroatoms. The summed E-state index contributed by atoms with van der Waals surface area (Å²) in [5, 5.41) is 13.5. The van der Waals surface area contributed by atoms with Gasteiger partial charge in [0.05, 0.1) is 6.07 Å². The molecule has 0 aliphatic carbocycles. The molecule has 0 aliphatic heterocycles. The van der Waals surface area contributed by atoms with Crippen LogP contribution in [0.5, 0.6) is 0 Å². The van der Waals surface area contributed by atoms with Crippen molar-refractivity contribution in [1.29, 1.82) is 5.26 Å². The van der Waals surface area contributed by atoms with Crippen molar-refractivity contribution >= 4 is 17.6 Å². The van der Waals surface area contributed by atoms with Gasteiger partial charge in [-0.2, -0.15) is 5.26 Å². The molecular weight excluding hydrogens is 230 g/mol. The van der Waals surface area contributed by atoms with Crippen molar-refractivity contribution in [2.75, 3.05) is 18.4 Å². The summed E-state index contributed by atoms with van der Waals surface area (Å²) >= 11 is 0. The lowest BCUT2D eigenvalue weighted by Crippen LogP contribution is -2.29. The standard InChI is InChI=1S/C12H15N5O/c1-9-3-2-4-10(7-9)17-12(14)16-8-11(18)15-6-5-13/h2-4,7H,6,8H2,1H3,(H,15,18)(H3,14,16,17). The maximum Gasteiger partial charge on any atom is 0.242 e. The van der Waals surface area contributed by atoms with E-state index in [4.69, 9.17) is 11.0 Å². The molecule has 0 aromatic heterocycles. The summed E-state index contributed by atoms with van der Waals surface area (Å²) < 4.78 is 0. The normalized spacial score (nSPS) is 10.6. The number of nitriles is 1. The number of carbonyl (C=O) groups excluding carboxylic acids is 1. The minimum Gasteiger partial charge on any atom is -0.370 e. The van der Waals surface area contributed by atoms with Gasteiger partial charge in [-0.25, -0.2) is 4.99 Å². The van der Waals surface area contributed by atoms with Crippen molar-refractivity contribution in [1.82, 2.24) is 5.32 Å². The van der Waals surface area contributed by atoms with E-state index in [1.807, 2.05) is 31.2 Å². The molecule has 4 N–H and O–H groups in total. The molecule has 1 aromatic carbocycles. The van der Waals surface area contributed by atoms with E-state index >= 15 is 0 Å². The van der Waals surface area contributed by atoms with Crippen molar-refractivity contribution in [3.8, 4) is 6.07 Å². The highest BCUT2D eigenvalue weighted by molar-refractivity contribution is 5.93. The van der Waals surface area contributed by atoms with Crippen LogP contribution in [0.4, 0.5) is 5.69 Å². The number of anilines is 1. The van der Waals surface area contributed by atoms with Gasteiger partial charge in [0.2, 0.25) is 5.91 Å². The van der Waals surface area contributed by atoms with Gasteiger partial charge in [-0.3, -0.25) is 4.79 Å². The fourth-order valence-electron chi connectivity index (χ4n) is 1.26. The second-order valence-electron chi connectivity index (χ2n) is 3.63. The SMILES string of the molecule is Cc1cccc(NC(N)=NCC(=O)NCC#N)c1. The number of rotatable bonds is 4. The lowest BCUT2D eigenvalue weighted by molar-refractivity contribution is -0.119. The highest BCUT2D eigenvalue weighted by Gasteiger charge is 1.99. The van der Waals surface area contributed by atoms with Gasteiger partial charge < -0.3 is 16.4 Å². The van der Waals surface area contributed by atoms with E-state index in [2.05, 4.69) is 15.6 Å². The third kappa shape index (κ3) is 4.99. The Morgan fingerprint density at radius 2 is 2.33 bits per heavy atom. The lowest BCUT2D eigenvalue weighted by Gasteiger charge is -2.06. The molecule has 0 heterocycles. The fourth-order valence-corrected chi connectivity index (χ4v) is 1.26. The van der Waals surface area contributed by atoms with Gasteiger partial charge in [0.25, 0.3) is 0 Å². The van der Waals surface area contributed by atoms with Crippen molar-refractivity contribution in [2.45, 2.75) is 6.92 Å². The number of benzene rings is 1. The summed E-state index contributed by atoms with van der Waals surface area (Å²) in [5.74, 6) is -0.182. The molecule has 1 aromatic rings.